The van der Waals surface area contributed by atoms with Crippen LogP contribution in [0.3, 0.4) is 0 Å². The van der Waals surface area contributed by atoms with Gasteiger partial charge in [-0.05, 0) is 31.2 Å². The minimum absolute atomic E-state index is 0.00872. The summed E-state index contributed by atoms with van der Waals surface area (Å²) in [7, 11) is 0. The predicted molar refractivity (Wildman–Crippen MR) is 127 cm³/mol. The fraction of sp³-hybridized carbons (Fsp3) is 0.130. The molecular weight excluding hydrogens is 492 g/mol. The molecule has 2 aromatic carbocycles. The Morgan fingerprint density at radius 1 is 0.972 bits per heavy atom. The summed E-state index contributed by atoms with van der Waals surface area (Å²) in [5.41, 5.74) is 1.12. The zero-order chi connectivity index (χ0) is 25.2. The first-order valence-corrected chi connectivity index (χ1v) is 11.1. The van der Waals surface area contributed by atoms with E-state index in [0.717, 1.165) is 0 Å². The molecular formula is C23H18ClF2N9O. The van der Waals surface area contributed by atoms with Gasteiger partial charge in [-0.3, -0.25) is 4.98 Å². The second-order valence-electron chi connectivity index (χ2n) is 7.71. The molecule has 10 nitrogen and oxygen atoms in total. The molecule has 5 aromatic rings. The summed E-state index contributed by atoms with van der Waals surface area (Å²) in [5, 5.41) is 14.4. The first-order chi connectivity index (χ1) is 17.4. The van der Waals surface area contributed by atoms with Gasteiger partial charge in [-0.1, -0.05) is 17.7 Å². The quantitative estimate of drug-likeness (QED) is 0.361. The third-order valence-corrected chi connectivity index (χ3v) is 5.55. The van der Waals surface area contributed by atoms with Crippen molar-refractivity contribution in [2.75, 3.05) is 0 Å². The molecule has 182 valence electrons. The van der Waals surface area contributed by atoms with Gasteiger partial charge >= 0.3 is 6.03 Å². The predicted octanol–water partition coefficient (Wildman–Crippen LogP) is 3.64. The van der Waals surface area contributed by atoms with Crippen molar-refractivity contribution in [2.24, 2.45) is 0 Å². The molecule has 0 aliphatic heterocycles. The molecule has 0 aliphatic rings. The lowest BCUT2D eigenvalue weighted by Crippen LogP contribution is -2.36. The van der Waals surface area contributed by atoms with Crippen LogP contribution in [0, 0.1) is 18.6 Å². The van der Waals surface area contributed by atoms with E-state index in [9.17, 15) is 13.6 Å². The zero-order valence-electron chi connectivity index (χ0n) is 18.8. The number of aryl methyl sites for hydroxylation is 1. The van der Waals surface area contributed by atoms with E-state index in [1.54, 1.807) is 31.2 Å². The summed E-state index contributed by atoms with van der Waals surface area (Å²) in [5.74, 6) is 0.158. The van der Waals surface area contributed by atoms with Gasteiger partial charge in [0.1, 0.15) is 23.5 Å². The number of nitrogens with zero attached hydrogens (tertiary/aromatic N) is 7. The maximum absolute atomic E-state index is 14.5. The van der Waals surface area contributed by atoms with Gasteiger partial charge in [-0.25, -0.2) is 32.9 Å². The van der Waals surface area contributed by atoms with Gasteiger partial charge in [0.15, 0.2) is 17.5 Å². The normalized spacial score (nSPS) is 11.1. The van der Waals surface area contributed by atoms with Crippen LogP contribution in [0.5, 0.6) is 0 Å². The Labute approximate surface area is 208 Å². The minimum atomic E-state index is -0.592. The van der Waals surface area contributed by atoms with E-state index < -0.39 is 17.7 Å². The highest BCUT2D eigenvalue weighted by Gasteiger charge is 2.14. The topological polar surface area (TPSA) is 115 Å². The van der Waals surface area contributed by atoms with E-state index in [1.807, 2.05) is 0 Å². The number of carbonyl (C=O) groups excluding carboxylic acids is 1. The lowest BCUT2D eigenvalue weighted by molar-refractivity contribution is 0.239. The van der Waals surface area contributed by atoms with Gasteiger partial charge in [-0.15, -0.1) is 0 Å². The number of rotatable bonds is 6. The van der Waals surface area contributed by atoms with Crippen LogP contribution in [0.1, 0.15) is 17.5 Å². The number of nitrogens with one attached hydrogen (secondary N) is 2. The fourth-order valence-corrected chi connectivity index (χ4v) is 3.75. The summed E-state index contributed by atoms with van der Waals surface area (Å²) >= 11 is 5.76. The van der Waals surface area contributed by atoms with Crippen LogP contribution in [-0.4, -0.2) is 40.5 Å². The first kappa shape index (κ1) is 23.3. The molecule has 0 unspecified atom stereocenters. The van der Waals surface area contributed by atoms with Crippen LogP contribution < -0.4 is 10.6 Å². The molecule has 0 bridgehead atoms. The third-order valence-electron chi connectivity index (χ3n) is 5.25. The molecule has 0 saturated heterocycles. The Morgan fingerprint density at radius 3 is 2.56 bits per heavy atom. The standard InChI is InChI=1S/C23H18ClF2N9O/c1-13-32-21(35(33-13)15-4-5-17(24)18(25)8-15)11-29-23(36)28-10-20-30-12-31-34(20)16-7-14-3-2-6-27-22(14)19(26)9-16/h2-9,12H,10-11H2,1H3,(H2,28,29,36). The molecule has 3 aromatic heterocycles. The van der Waals surface area contributed by atoms with E-state index >= 15 is 0 Å². The Balaban J connectivity index is 1.26. The molecule has 36 heavy (non-hydrogen) atoms. The Bertz CT molecular complexity index is 1580. The summed E-state index contributed by atoms with van der Waals surface area (Å²) in [6.45, 7) is 1.73. The largest absolute Gasteiger partial charge is 0.331 e. The van der Waals surface area contributed by atoms with E-state index in [1.165, 1.54) is 40.1 Å². The number of halogens is 3. The highest BCUT2D eigenvalue weighted by molar-refractivity contribution is 6.30. The van der Waals surface area contributed by atoms with Crippen molar-refractivity contribution in [3.63, 3.8) is 0 Å². The van der Waals surface area contributed by atoms with E-state index in [-0.39, 0.29) is 23.6 Å². The number of benzene rings is 2. The summed E-state index contributed by atoms with van der Waals surface area (Å²) in [6.07, 6.45) is 2.84. The van der Waals surface area contributed by atoms with Crippen LogP contribution in [0.2, 0.25) is 5.02 Å². The van der Waals surface area contributed by atoms with Crippen LogP contribution in [-0.2, 0) is 13.1 Å². The Kier molecular flexibility index (Phi) is 6.25. The molecule has 0 fully saturated rings. The van der Waals surface area contributed by atoms with Crippen molar-refractivity contribution in [2.45, 2.75) is 20.0 Å². The molecule has 13 heteroatoms. The van der Waals surface area contributed by atoms with Gasteiger partial charge in [0.2, 0.25) is 0 Å². The average Bonchev–Trinajstić information content (AvgIpc) is 3.49. The van der Waals surface area contributed by atoms with Crippen molar-refractivity contribution >= 4 is 28.5 Å². The smallest absolute Gasteiger partial charge is 0.315 e. The van der Waals surface area contributed by atoms with Crippen molar-refractivity contribution in [3.8, 4) is 11.4 Å². The number of hydrogen-bond acceptors (Lipinski definition) is 6. The number of aromatic nitrogens is 7. The van der Waals surface area contributed by atoms with Crippen molar-refractivity contribution in [1.82, 2.24) is 45.1 Å². The monoisotopic (exact) mass is 509 g/mol. The second-order valence-corrected chi connectivity index (χ2v) is 8.12. The van der Waals surface area contributed by atoms with Crippen LogP contribution in [0.4, 0.5) is 13.6 Å². The maximum Gasteiger partial charge on any atom is 0.315 e. The number of urea groups is 1. The number of carbonyl (C=O) groups is 1. The molecule has 0 saturated carbocycles. The van der Waals surface area contributed by atoms with Crippen molar-refractivity contribution < 1.29 is 13.6 Å². The third kappa shape index (κ3) is 4.70. The van der Waals surface area contributed by atoms with Crippen molar-refractivity contribution in [3.05, 3.63) is 89.1 Å². The van der Waals surface area contributed by atoms with Crippen molar-refractivity contribution in [1.29, 1.82) is 0 Å². The van der Waals surface area contributed by atoms with E-state index in [4.69, 9.17) is 11.6 Å². The van der Waals surface area contributed by atoms with Gasteiger partial charge in [0, 0.05) is 23.7 Å². The van der Waals surface area contributed by atoms with Gasteiger partial charge in [0.25, 0.3) is 0 Å². The fourth-order valence-electron chi connectivity index (χ4n) is 3.63. The highest BCUT2D eigenvalue weighted by Crippen LogP contribution is 2.21. The van der Waals surface area contributed by atoms with Crippen LogP contribution >= 0.6 is 11.6 Å². The molecule has 0 atom stereocenters. The molecule has 0 radical (unpaired) electrons. The SMILES string of the molecule is Cc1nc(CNC(=O)NCc2ncnn2-c2cc(F)c3ncccc3c2)n(-c2ccc(Cl)c(F)c2)n1. The van der Waals surface area contributed by atoms with Gasteiger partial charge in [0.05, 0.1) is 29.5 Å². The molecule has 2 amide bonds. The maximum atomic E-state index is 14.5. The van der Waals surface area contributed by atoms with E-state index in [0.29, 0.717) is 34.2 Å². The van der Waals surface area contributed by atoms with Gasteiger partial charge < -0.3 is 10.6 Å². The summed E-state index contributed by atoms with van der Waals surface area (Å²) in [4.78, 5) is 25.0. The van der Waals surface area contributed by atoms with Crippen LogP contribution in [0.15, 0.2) is 55.0 Å². The minimum Gasteiger partial charge on any atom is -0.331 e. The molecule has 3 heterocycles. The lowest BCUT2D eigenvalue weighted by Gasteiger charge is -2.10. The first-order valence-electron chi connectivity index (χ1n) is 10.7. The van der Waals surface area contributed by atoms with E-state index in [2.05, 4.69) is 35.8 Å². The molecule has 0 spiro atoms. The number of pyridine rings is 1. The Hall–Kier alpha value is -4.45. The van der Waals surface area contributed by atoms with Gasteiger partial charge in [-0.2, -0.15) is 10.2 Å². The molecule has 5 rings (SSSR count). The van der Waals surface area contributed by atoms with Crippen LogP contribution in [0.25, 0.3) is 22.3 Å². The molecule has 2 N–H and O–H groups in total. The highest BCUT2D eigenvalue weighted by atomic mass is 35.5. The average molecular weight is 510 g/mol. The number of hydrogen-bond donors (Lipinski definition) is 2. The zero-order valence-corrected chi connectivity index (χ0v) is 19.5. The summed E-state index contributed by atoms with van der Waals surface area (Å²) < 4.78 is 31.3. The lowest BCUT2D eigenvalue weighted by atomic mass is 10.2. The molecule has 0 aliphatic carbocycles. The number of fused-ring (bicyclic) bond motifs is 1. The second kappa shape index (κ2) is 9.66. The summed E-state index contributed by atoms with van der Waals surface area (Å²) in [6, 6.07) is 10.2. The Morgan fingerprint density at radius 2 is 1.75 bits per heavy atom. The number of amides is 2.